The van der Waals surface area contributed by atoms with Crippen LogP contribution in [-0.2, 0) is 28.6 Å². The van der Waals surface area contributed by atoms with Gasteiger partial charge in [0.25, 0.3) is 0 Å². The number of rotatable bonds is 53. The van der Waals surface area contributed by atoms with Gasteiger partial charge < -0.3 is 14.2 Å². The lowest BCUT2D eigenvalue weighted by Crippen LogP contribution is -2.30. The normalized spacial score (nSPS) is 12.3. The summed E-state index contributed by atoms with van der Waals surface area (Å²) in [6.45, 7) is 6.62. The van der Waals surface area contributed by atoms with Crippen molar-refractivity contribution in [1.29, 1.82) is 0 Å². The van der Waals surface area contributed by atoms with E-state index in [9.17, 15) is 14.4 Å². The van der Waals surface area contributed by atoms with Gasteiger partial charge in [0.2, 0.25) is 0 Å². The third kappa shape index (κ3) is 54.2. The van der Waals surface area contributed by atoms with Crippen LogP contribution in [0, 0.1) is 0 Å². The zero-order valence-electron chi connectivity index (χ0n) is 44.7. The summed E-state index contributed by atoms with van der Waals surface area (Å²) in [6, 6.07) is 0. The molecule has 0 saturated heterocycles. The van der Waals surface area contributed by atoms with Gasteiger partial charge in [0.1, 0.15) is 13.2 Å². The second-order valence-corrected chi connectivity index (χ2v) is 19.6. The first-order valence-corrected chi connectivity index (χ1v) is 29.1. The lowest BCUT2D eigenvalue weighted by Gasteiger charge is -2.18. The molecule has 0 aromatic heterocycles. The summed E-state index contributed by atoms with van der Waals surface area (Å²) in [4.78, 5) is 38.1. The van der Waals surface area contributed by atoms with Crippen molar-refractivity contribution in [3.63, 3.8) is 0 Å². The molecule has 0 aliphatic rings. The highest BCUT2D eigenvalue weighted by atomic mass is 16.6. The molecule has 0 aliphatic carbocycles. The van der Waals surface area contributed by atoms with Gasteiger partial charge in [0, 0.05) is 19.3 Å². The zero-order valence-corrected chi connectivity index (χ0v) is 44.7. The third-order valence-electron chi connectivity index (χ3n) is 12.8. The monoisotopic (exact) mass is 939 g/mol. The molecule has 0 amide bonds. The summed E-state index contributed by atoms with van der Waals surface area (Å²) in [5, 5.41) is 0. The zero-order chi connectivity index (χ0) is 48.6. The Morgan fingerprint density at radius 1 is 0.299 bits per heavy atom. The van der Waals surface area contributed by atoms with E-state index in [2.05, 4.69) is 69.4 Å². The molecular weight excluding hydrogens is 829 g/mol. The number of unbranched alkanes of at least 4 members (excludes halogenated alkanes) is 34. The van der Waals surface area contributed by atoms with Crippen molar-refractivity contribution in [3.05, 3.63) is 48.6 Å². The lowest BCUT2D eigenvalue weighted by atomic mass is 10.0. The van der Waals surface area contributed by atoms with Gasteiger partial charge in [-0.2, -0.15) is 0 Å². The number of hydrogen-bond acceptors (Lipinski definition) is 6. The fourth-order valence-corrected chi connectivity index (χ4v) is 8.40. The molecule has 0 aliphatic heterocycles. The lowest BCUT2D eigenvalue weighted by molar-refractivity contribution is -0.167. The van der Waals surface area contributed by atoms with E-state index in [0.29, 0.717) is 25.7 Å². The van der Waals surface area contributed by atoms with Crippen LogP contribution in [0.4, 0.5) is 0 Å². The van der Waals surface area contributed by atoms with Crippen LogP contribution in [0.5, 0.6) is 0 Å². The van der Waals surface area contributed by atoms with Crippen LogP contribution in [0.1, 0.15) is 303 Å². The molecule has 0 unspecified atom stereocenters. The van der Waals surface area contributed by atoms with E-state index in [1.54, 1.807) is 0 Å². The minimum atomic E-state index is -0.792. The summed E-state index contributed by atoms with van der Waals surface area (Å²) in [7, 11) is 0. The molecule has 0 rings (SSSR count). The Balaban J connectivity index is 4.41. The van der Waals surface area contributed by atoms with E-state index in [4.69, 9.17) is 14.2 Å². The summed E-state index contributed by atoms with van der Waals surface area (Å²) < 4.78 is 16.8. The van der Waals surface area contributed by atoms with E-state index in [1.807, 2.05) is 0 Å². The van der Waals surface area contributed by atoms with Gasteiger partial charge in [-0.1, -0.05) is 256 Å². The molecule has 0 aromatic rings. The average molecular weight is 940 g/mol. The fraction of sp³-hybridized carbons (Fsp3) is 0.820. The van der Waals surface area contributed by atoms with Crippen LogP contribution < -0.4 is 0 Å². The summed E-state index contributed by atoms with van der Waals surface area (Å²) in [5.41, 5.74) is 0. The Labute approximate surface area is 416 Å². The van der Waals surface area contributed by atoms with Crippen molar-refractivity contribution in [2.45, 2.75) is 309 Å². The van der Waals surface area contributed by atoms with Gasteiger partial charge in [-0.3, -0.25) is 14.4 Å². The van der Waals surface area contributed by atoms with Gasteiger partial charge in [-0.05, 0) is 77.0 Å². The van der Waals surface area contributed by atoms with E-state index in [-0.39, 0.29) is 31.1 Å². The Kier molecular flexibility index (Phi) is 53.8. The fourth-order valence-electron chi connectivity index (χ4n) is 8.40. The number of esters is 3. The molecule has 1 atom stereocenters. The van der Waals surface area contributed by atoms with E-state index in [0.717, 1.165) is 57.8 Å². The Morgan fingerprint density at radius 3 is 0.910 bits per heavy atom. The number of carbonyl (C=O) groups is 3. The van der Waals surface area contributed by atoms with Crippen LogP contribution in [0.25, 0.3) is 0 Å². The van der Waals surface area contributed by atoms with Crippen molar-refractivity contribution in [2.75, 3.05) is 13.2 Å². The van der Waals surface area contributed by atoms with Crippen molar-refractivity contribution in [3.8, 4) is 0 Å². The van der Waals surface area contributed by atoms with Gasteiger partial charge in [-0.25, -0.2) is 0 Å². The van der Waals surface area contributed by atoms with E-state index >= 15 is 0 Å². The molecule has 0 aromatic carbocycles. The molecular formula is C61H110O6. The maximum Gasteiger partial charge on any atom is 0.306 e. The van der Waals surface area contributed by atoms with Crippen molar-refractivity contribution < 1.29 is 28.6 Å². The van der Waals surface area contributed by atoms with Crippen LogP contribution >= 0.6 is 0 Å². The minimum Gasteiger partial charge on any atom is -0.462 e. The average Bonchev–Trinajstić information content (AvgIpc) is 3.33. The van der Waals surface area contributed by atoms with Crippen molar-refractivity contribution in [1.82, 2.24) is 0 Å². The molecule has 6 heteroatoms. The first-order chi connectivity index (χ1) is 33.0. The number of hydrogen-bond donors (Lipinski definition) is 0. The summed E-state index contributed by atoms with van der Waals surface area (Å²) in [6.07, 6.45) is 68.2. The highest BCUT2D eigenvalue weighted by Crippen LogP contribution is 2.16. The van der Waals surface area contributed by atoms with Crippen molar-refractivity contribution in [2.24, 2.45) is 0 Å². The van der Waals surface area contributed by atoms with Crippen LogP contribution in [0.3, 0.4) is 0 Å². The Morgan fingerprint density at radius 2 is 0.552 bits per heavy atom. The second kappa shape index (κ2) is 56.0. The summed E-state index contributed by atoms with van der Waals surface area (Å²) >= 11 is 0. The SMILES string of the molecule is CCCCCCCC/C=C\C/C=C\C/C=C\CCCC(=O)OC[C@H](COC(=O)CCCCCCCCCCCCCCC)OC(=O)CCCCCCCCCCC/C=C\CCCCCCCC. The second-order valence-electron chi connectivity index (χ2n) is 19.6. The molecule has 0 bridgehead atoms. The van der Waals surface area contributed by atoms with Crippen molar-refractivity contribution >= 4 is 17.9 Å². The highest BCUT2D eigenvalue weighted by molar-refractivity contribution is 5.71. The standard InChI is InChI=1S/C61H110O6/c1-4-7-10-13-16-19-22-25-27-29-30-32-34-37-40-43-46-49-52-55-61(64)67-58(56-65-59(62)53-50-47-44-41-38-35-24-21-18-15-12-9-6-3)57-66-60(63)54-51-48-45-42-39-36-33-31-28-26-23-20-17-14-11-8-5-2/h25-28,33,36,42,45,58H,4-24,29-32,34-35,37-41,43-44,46-57H2,1-3H3/b27-25-,28-26-,36-33-,45-42-/t58-/m0/s1. The smallest absolute Gasteiger partial charge is 0.306 e. The van der Waals surface area contributed by atoms with Gasteiger partial charge in [0.05, 0.1) is 0 Å². The van der Waals surface area contributed by atoms with E-state index in [1.165, 1.54) is 199 Å². The quantitative estimate of drug-likeness (QED) is 0.0262. The Bertz CT molecular complexity index is 1170. The van der Waals surface area contributed by atoms with Gasteiger partial charge in [0.15, 0.2) is 6.10 Å². The molecule has 390 valence electrons. The molecule has 0 radical (unpaired) electrons. The van der Waals surface area contributed by atoms with Crippen LogP contribution in [0.2, 0.25) is 0 Å². The third-order valence-corrected chi connectivity index (χ3v) is 12.8. The number of carbonyl (C=O) groups excluding carboxylic acids is 3. The largest absolute Gasteiger partial charge is 0.462 e. The van der Waals surface area contributed by atoms with E-state index < -0.39 is 6.10 Å². The predicted molar refractivity (Wildman–Crippen MR) is 289 cm³/mol. The van der Waals surface area contributed by atoms with Gasteiger partial charge >= 0.3 is 17.9 Å². The molecule has 0 spiro atoms. The summed E-state index contributed by atoms with van der Waals surface area (Å²) in [5.74, 6) is -0.929. The molecule has 6 nitrogen and oxygen atoms in total. The molecule has 0 saturated carbocycles. The maximum atomic E-state index is 12.9. The van der Waals surface area contributed by atoms with Crippen LogP contribution in [-0.4, -0.2) is 37.2 Å². The molecule has 67 heavy (non-hydrogen) atoms. The topological polar surface area (TPSA) is 78.9 Å². The number of allylic oxidation sites excluding steroid dienone is 8. The van der Waals surface area contributed by atoms with Crippen LogP contribution in [0.15, 0.2) is 48.6 Å². The predicted octanol–water partition coefficient (Wildman–Crippen LogP) is 19.4. The minimum absolute atomic E-state index is 0.0864. The molecule has 0 N–H and O–H groups in total. The number of ether oxygens (including phenoxy) is 3. The molecule has 0 fully saturated rings. The Hall–Kier alpha value is -2.63. The molecule has 0 heterocycles. The first-order valence-electron chi connectivity index (χ1n) is 29.1. The maximum absolute atomic E-state index is 12.9. The first kappa shape index (κ1) is 64.4. The van der Waals surface area contributed by atoms with Gasteiger partial charge in [-0.15, -0.1) is 0 Å². The highest BCUT2D eigenvalue weighted by Gasteiger charge is 2.19.